The molecule has 1 atom stereocenters. The molecule has 2 aromatic heterocycles. The number of halogens is 1. The van der Waals surface area contributed by atoms with Gasteiger partial charge in [0.25, 0.3) is 11.5 Å². The van der Waals surface area contributed by atoms with Gasteiger partial charge in [-0.1, -0.05) is 37.0 Å². The number of carbonyl (C=O) groups is 1. The number of thiocarbonyl (C=S) groups is 1. The summed E-state index contributed by atoms with van der Waals surface area (Å²) in [6.07, 6.45) is 4.12. The molecule has 1 unspecified atom stereocenters. The second kappa shape index (κ2) is 10.0. The number of hydrogen-bond acceptors (Lipinski definition) is 7. The maximum absolute atomic E-state index is 13.6. The number of thioether (sulfide) groups is 1. The van der Waals surface area contributed by atoms with Gasteiger partial charge in [0.1, 0.15) is 21.6 Å². The summed E-state index contributed by atoms with van der Waals surface area (Å²) in [6, 6.07) is 11.9. The summed E-state index contributed by atoms with van der Waals surface area (Å²) >= 11 is 6.70. The number of pyridine rings is 1. The van der Waals surface area contributed by atoms with E-state index in [2.05, 4.69) is 9.80 Å². The Morgan fingerprint density at radius 3 is 2.47 bits per heavy atom. The normalized spacial score (nSPS) is 18.5. The Hall–Kier alpha value is -3.24. The van der Waals surface area contributed by atoms with Crippen molar-refractivity contribution in [3.8, 4) is 0 Å². The van der Waals surface area contributed by atoms with Crippen molar-refractivity contribution < 1.29 is 9.18 Å². The lowest BCUT2D eigenvalue weighted by atomic mass is 10.2. The Bertz CT molecular complexity index is 1410. The zero-order valence-electron chi connectivity index (χ0n) is 20.1. The van der Waals surface area contributed by atoms with Crippen LogP contribution >= 0.6 is 24.0 Å². The molecule has 2 aliphatic heterocycles. The maximum Gasteiger partial charge on any atom is 0.267 e. The lowest BCUT2D eigenvalue weighted by Crippen LogP contribution is -2.47. The molecule has 2 aliphatic rings. The molecule has 4 heterocycles. The van der Waals surface area contributed by atoms with Crippen LogP contribution in [0.1, 0.15) is 25.8 Å². The van der Waals surface area contributed by atoms with Gasteiger partial charge in [-0.3, -0.25) is 18.9 Å². The highest BCUT2D eigenvalue weighted by Crippen LogP contribution is 2.35. The molecule has 186 valence electrons. The largest absolute Gasteiger partial charge is 0.368 e. The third-order valence-electron chi connectivity index (χ3n) is 6.65. The van der Waals surface area contributed by atoms with Crippen molar-refractivity contribution in [1.82, 2.24) is 14.3 Å². The SMILES string of the molecule is CCC(C)N1C(=O)/C(=C\c2c(N3CCN(c4ccc(F)cc4)CC3)nc3ccccn3c2=O)SC1=S. The summed E-state index contributed by atoms with van der Waals surface area (Å²) in [4.78, 5) is 37.9. The van der Waals surface area contributed by atoms with Crippen molar-refractivity contribution in [2.75, 3.05) is 36.0 Å². The first-order valence-electron chi connectivity index (χ1n) is 11.9. The van der Waals surface area contributed by atoms with Crippen LogP contribution in [0.5, 0.6) is 0 Å². The molecule has 0 radical (unpaired) electrons. The number of amides is 1. The van der Waals surface area contributed by atoms with Crippen LogP contribution in [0.2, 0.25) is 0 Å². The maximum atomic E-state index is 13.6. The van der Waals surface area contributed by atoms with Gasteiger partial charge < -0.3 is 9.80 Å². The van der Waals surface area contributed by atoms with Crippen molar-refractivity contribution >= 4 is 57.4 Å². The van der Waals surface area contributed by atoms with Gasteiger partial charge in [0.15, 0.2) is 0 Å². The number of benzene rings is 1. The molecule has 3 aromatic rings. The van der Waals surface area contributed by atoms with E-state index >= 15 is 0 Å². The highest BCUT2D eigenvalue weighted by Gasteiger charge is 2.35. The van der Waals surface area contributed by atoms with E-state index in [1.165, 1.54) is 28.3 Å². The number of aromatic nitrogens is 2. The van der Waals surface area contributed by atoms with Gasteiger partial charge in [0.05, 0.1) is 10.5 Å². The first kappa shape index (κ1) is 24.5. The predicted molar refractivity (Wildman–Crippen MR) is 147 cm³/mol. The molecule has 2 fully saturated rings. The standard InChI is InChI=1S/C26H26FN5O2S2/c1-3-17(2)32-25(34)21(36-26(32)35)16-20-23(28-22-6-4-5-11-31(22)24(20)33)30-14-12-29(13-15-30)19-9-7-18(27)8-10-19/h4-11,16-17H,3,12-15H2,1-2H3/b21-16+. The number of fused-ring (bicyclic) bond motifs is 1. The molecule has 1 aromatic carbocycles. The molecule has 5 rings (SSSR count). The quantitative estimate of drug-likeness (QED) is 0.368. The number of hydrogen-bond donors (Lipinski definition) is 0. The predicted octanol–water partition coefficient (Wildman–Crippen LogP) is 4.16. The van der Waals surface area contributed by atoms with Crippen molar-refractivity contribution in [2.45, 2.75) is 26.3 Å². The topological polar surface area (TPSA) is 61.2 Å². The van der Waals surface area contributed by atoms with E-state index in [4.69, 9.17) is 17.2 Å². The fraction of sp³-hybridized carbons (Fsp3) is 0.308. The van der Waals surface area contributed by atoms with E-state index in [0.717, 1.165) is 12.1 Å². The van der Waals surface area contributed by atoms with Gasteiger partial charge in [0, 0.05) is 44.1 Å². The van der Waals surface area contributed by atoms with Gasteiger partial charge in [-0.2, -0.15) is 0 Å². The minimum atomic E-state index is -0.262. The average molecular weight is 524 g/mol. The number of anilines is 2. The Labute approximate surface area is 218 Å². The molecule has 10 heteroatoms. The van der Waals surface area contributed by atoms with Crippen LogP contribution < -0.4 is 15.4 Å². The summed E-state index contributed by atoms with van der Waals surface area (Å²) < 4.78 is 15.3. The fourth-order valence-electron chi connectivity index (χ4n) is 4.46. The number of rotatable bonds is 5. The number of nitrogens with zero attached hydrogens (tertiary/aromatic N) is 5. The van der Waals surface area contributed by atoms with Gasteiger partial charge >= 0.3 is 0 Å². The molecule has 0 saturated carbocycles. The van der Waals surface area contributed by atoms with E-state index in [9.17, 15) is 14.0 Å². The van der Waals surface area contributed by atoms with Crippen molar-refractivity contribution in [1.29, 1.82) is 0 Å². The molecule has 0 N–H and O–H groups in total. The molecule has 2 saturated heterocycles. The smallest absolute Gasteiger partial charge is 0.267 e. The minimum Gasteiger partial charge on any atom is -0.368 e. The second-order valence-corrected chi connectivity index (χ2v) is 10.5. The molecule has 0 spiro atoms. The number of piperazine rings is 1. The van der Waals surface area contributed by atoms with Crippen LogP contribution in [0, 0.1) is 5.82 Å². The van der Waals surface area contributed by atoms with Crippen LogP contribution in [-0.2, 0) is 4.79 Å². The molecular formula is C26H26FN5O2S2. The summed E-state index contributed by atoms with van der Waals surface area (Å²) in [5.74, 6) is 0.115. The zero-order valence-corrected chi connectivity index (χ0v) is 21.7. The Kier molecular flexibility index (Phi) is 6.81. The minimum absolute atomic E-state index is 0.0155. The van der Waals surface area contributed by atoms with E-state index in [0.29, 0.717) is 52.4 Å². The monoisotopic (exact) mass is 523 g/mol. The lowest BCUT2D eigenvalue weighted by molar-refractivity contribution is -0.123. The van der Waals surface area contributed by atoms with E-state index in [1.54, 1.807) is 41.4 Å². The summed E-state index contributed by atoms with van der Waals surface area (Å²) in [6.45, 7) is 6.61. The van der Waals surface area contributed by atoms with E-state index in [-0.39, 0.29) is 23.3 Å². The lowest BCUT2D eigenvalue weighted by Gasteiger charge is -2.37. The van der Waals surface area contributed by atoms with E-state index < -0.39 is 0 Å². The van der Waals surface area contributed by atoms with Crippen LogP contribution in [0.25, 0.3) is 11.7 Å². The zero-order chi connectivity index (χ0) is 25.4. The summed E-state index contributed by atoms with van der Waals surface area (Å²) in [7, 11) is 0. The Morgan fingerprint density at radius 1 is 1.08 bits per heavy atom. The molecular weight excluding hydrogens is 497 g/mol. The molecule has 7 nitrogen and oxygen atoms in total. The van der Waals surface area contributed by atoms with Crippen molar-refractivity contribution in [3.05, 3.63) is 75.3 Å². The first-order valence-corrected chi connectivity index (χ1v) is 13.1. The Balaban J connectivity index is 1.51. The fourth-order valence-corrected chi connectivity index (χ4v) is 5.90. The molecule has 36 heavy (non-hydrogen) atoms. The molecule has 1 amide bonds. The third-order valence-corrected chi connectivity index (χ3v) is 7.98. The molecule has 0 aliphatic carbocycles. The van der Waals surface area contributed by atoms with Crippen molar-refractivity contribution in [3.63, 3.8) is 0 Å². The van der Waals surface area contributed by atoms with Crippen molar-refractivity contribution in [2.24, 2.45) is 0 Å². The van der Waals surface area contributed by atoms with Crippen LogP contribution in [0.15, 0.2) is 58.4 Å². The van der Waals surface area contributed by atoms with Gasteiger partial charge in [-0.15, -0.1) is 0 Å². The van der Waals surface area contributed by atoms with Gasteiger partial charge in [-0.25, -0.2) is 9.37 Å². The van der Waals surface area contributed by atoms with Gasteiger partial charge in [-0.05, 0) is 55.8 Å². The average Bonchev–Trinajstić information content (AvgIpc) is 3.18. The summed E-state index contributed by atoms with van der Waals surface area (Å²) in [5, 5.41) is 0. The number of carbonyl (C=O) groups excluding carboxylic acids is 1. The van der Waals surface area contributed by atoms with Gasteiger partial charge in [0.2, 0.25) is 0 Å². The second-order valence-electron chi connectivity index (χ2n) is 8.84. The van der Waals surface area contributed by atoms with Crippen LogP contribution in [0.3, 0.4) is 0 Å². The Morgan fingerprint density at radius 2 is 1.78 bits per heavy atom. The van der Waals surface area contributed by atoms with Crippen LogP contribution in [-0.4, -0.2) is 56.7 Å². The first-order chi connectivity index (χ1) is 17.4. The highest BCUT2D eigenvalue weighted by molar-refractivity contribution is 8.26. The molecule has 0 bridgehead atoms. The van der Waals surface area contributed by atoms with E-state index in [1.807, 2.05) is 19.9 Å². The highest BCUT2D eigenvalue weighted by atomic mass is 32.2. The third kappa shape index (κ3) is 4.51. The summed E-state index contributed by atoms with van der Waals surface area (Å²) in [5.41, 5.74) is 1.64. The van der Waals surface area contributed by atoms with Crippen LogP contribution in [0.4, 0.5) is 15.9 Å².